The number of hydrogen-bond acceptors (Lipinski definition) is 4. The summed E-state index contributed by atoms with van der Waals surface area (Å²) in [5.74, 6) is -0.612. The molecule has 1 atom stereocenters. The van der Waals surface area contributed by atoms with Gasteiger partial charge in [-0.2, -0.15) is 5.26 Å². The van der Waals surface area contributed by atoms with Crippen LogP contribution in [0.5, 0.6) is 5.75 Å². The molecule has 0 fully saturated rings. The molecule has 2 rings (SSSR count). The van der Waals surface area contributed by atoms with E-state index in [1.807, 2.05) is 18.2 Å². The lowest BCUT2D eigenvalue weighted by atomic mass is 10.1. The fraction of sp³-hybridized carbons (Fsp3) is 0.0667. The quantitative estimate of drug-likeness (QED) is 0.738. The number of nitriles is 1. The van der Waals surface area contributed by atoms with E-state index in [2.05, 4.69) is 16.9 Å². The number of rotatable bonds is 4. The third-order valence-corrected chi connectivity index (χ3v) is 2.74. The summed E-state index contributed by atoms with van der Waals surface area (Å²) >= 11 is 0. The van der Waals surface area contributed by atoms with E-state index in [4.69, 9.17) is 5.26 Å². The lowest BCUT2D eigenvalue weighted by Crippen LogP contribution is -2.39. The van der Waals surface area contributed by atoms with Crippen LogP contribution in [0.3, 0.4) is 0 Å². The first kappa shape index (κ1) is 13.6. The van der Waals surface area contributed by atoms with E-state index in [9.17, 15) is 9.90 Å². The van der Waals surface area contributed by atoms with Gasteiger partial charge >= 0.3 is 0 Å². The van der Waals surface area contributed by atoms with Gasteiger partial charge in [-0.05, 0) is 17.7 Å². The van der Waals surface area contributed by atoms with Crippen LogP contribution in [0.15, 0.2) is 54.6 Å². The zero-order valence-corrected chi connectivity index (χ0v) is 10.6. The van der Waals surface area contributed by atoms with Crippen LogP contribution in [0.1, 0.15) is 22.0 Å². The number of phenolic OH excluding ortho intramolecular Hbond substituents is 1. The largest absolute Gasteiger partial charge is 0.507 e. The fourth-order valence-electron chi connectivity index (χ4n) is 1.71. The Morgan fingerprint density at radius 3 is 2.40 bits per heavy atom. The molecule has 0 unspecified atom stereocenters. The number of hydrogen-bond donors (Lipinski definition) is 3. The van der Waals surface area contributed by atoms with Gasteiger partial charge < -0.3 is 5.11 Å². The molecule has 0 aliphatic carbocycles. The van der Waals surface area contributed by atoms with Gasteiger partial charge in [-0.3, -0.25) is 10.2 Å². The Kier molecular flexibility index (Phi) is 4.32. The highest BCUT2D eigenvalue weighted by Gasteiger charge is 2.13. The monoisotopic (exact) mass is 267 g/mol. The Hall–Kier alpha value is -2.84. The zero-order chi connectivity index (χ0) is 14.4. The van der Waals surface area contributed by atoms with Crippen LogP contribution in [-0.2, 0) is 0 Å². The summed E-state index contributed by atoms with van der Waals surface area (Å²) in [4.78, 5) is 11.9. The molecular formula is C15H13N3O2. The highest BCUT2D eigenvalue weighted by Crippen LogP contribution is 2.15. The Morgan fingerprint density at radius 2 is 1.75 bits per heavy atom. The van der Waals surface area contributed by atoms with E-state index in [1.54, 1.807) is 24.3 Å². The average Bonchev–Trinajstić information content (AvgIpc) is 2.49. The van der Waals surface area contributed by atoms with Crippen molar-refractivity contribution in [2.45, 2.75) is 6.04 Å². The predicted molar refractivity (Wildman–Crippen MR) is 73.5 cm³/mol. The Labute approximate surface area is 116 Å². The molecule has 0 aliphatic heterocycles. The molecule has 0 bridgehead atoms. The molecule has 0 heterocycles. The van der Waals surface area contributed by atoms with Gasteiger partial charge in [0, 0.05) is 0 Å². The minimum absolute atomic E-state index is 0.111. The number of carbonyl (C=O) groups is 1. The van der Waals surface area contributed by atoms with E-state index in [0.29, 0.717) is 0 Å². The van der Waals surface area contributed by atoms with Gasteiger partial charge in [0.25, 0.3) is 5.91 Å². The number of nitrogens with zero attached hydrogens (tertiary/aromatic N) is 1. The SMILES string of the molecule is N#C[C@H](NNC(=O)c1ccccc1O)c1ccccc1. The van der Waals surface area contributed by atoms with Gasteiger partial charge in [0.05, 0.1) is 11.6 Å². The molecule has 0 saturated heterocycles. The van der Waals surface area contributed by atoms with Crippen molar-refractivity contribution < 1.29 is 9.90 Å². The number of para-hydroxylation sites is 1. The number of amides is 1. The first-order valence-electron chi connectivity index (χ1n) is 6.01. The second-order valence-electron chi connectivity index (χ2n) is 4.09. The topological polar surface area (TPSA) is 85.2 Å². The molecule has 20 heavy (non-hydrogen) atoms. The molecule has 0 saturated carbocycles. The molecule has 2 aromatic rings. The number of benzene rings is 2. The molecule has 100 valence electrons. The summed E-state index contributed by atoms with van der Waals surface area (Å²) in [6.45, 7) is 0. The summed E-state index contributed by atoms with van der Waals surface area (Å²) in [6.07, 6.45) is 0. The highest BCUT2D eigenvalue weighted by molar-refractivity contribution is 5.96. The molecule has 0 aromatic heterocycles. The molecule has 0 aliphatic rings. The van der Waals surface area contributed by atoms with Gasteiger partial charge in [-0.25, -0.2) is 5.43 Å². The van der Waals surface area contributed by atoms with E-state index in [-0.39, 0.29) is 11.3 Å². The summed E-state index contributed by atoms with van der Waals surface area (Å²) in [5.41, 5.74) is 5.94. The van der Waals surface area contributed by atoms with Crippen molar-refractivity contribution in [3.8, 4) is 11.8 Å². The van der Waals surface area contributed by atoms with Crippen LogP contribution in [0.4, 0.5) is 0 Å². The molecule has 0 radical (unpaired) electrons. The maximum absolute atomic E-state index is 11.9. The van der Waals surface area contributed by atoms with Gasteiger partial charge in [0.1, 0.15) is 11.8 Å². The molecule has 2 aromatic carbocycles. The zero-order valence-electron chi connectivity index (χ0n) is 10.6. The smallest absolute Gasteiger partial charge is 0.269 e. The minimum Gasteiger partial charge on any atom is -0.507 e. The molecule has 3 N–H and O–H groups in total. The van der Waals surface area contributed by atoms with Crippen LogP contribution in [0.2, 0.25) is 0 Å². The van der Waals surface area contributed by atoms with Crippen LogP contribution < -0.4 is 10.9 Å². The first-order valence-corrected chi connectivity index (χ1v) is 6.01. The van der Waals surface area contributed by atoms with Gasteiger partial charge in [-0.1, -0.05) is 42.5 Å². The van der Waals surface area contributed by atoms with Crippen molar-refractivity contribution in [1.82, 2.24) is 10.9 Å². The fourth-order valence-corrected chi connectivity index (χ4v) is 1.71. The van der Waals surface area contributed by atoms with Gasteiger partial charge in [-0.15, -0.1) is 0 Å². The number of aromatic hydroxyl groups is 1. The number of hydrazine groups is 1. The molecule has 1 amide bonds. The second kappa shape index (κ2) is 6.36. The van der Waals surface area contributed by atoms with Crippen molar-refractivity contribution >= 4 is 5.91 Å². The molecular weight excluding hydrogens is 254 g/mol. The summed E-state index contributed by atoms with van der Waals surface area (Å²) in [5, 5.41) is 18.7. The van der Waals surface area contributed by atoms with Crippen molar-refractivity contribution in [1.29, 1.82) is 5.26 Å². The third-order valence-electron chi connectivity index (χ3n) is 2.74. The maximum Gasteiger partial charge on any atom is 0.269 e. The molecule has 5 nitrogen and oxygen atoms in total. The lowest BCUT2D eigenvalue weighted by Gasteiger charge is -2.13. The van der Waals surface area contributed by atoms with E-state index >= 15 is 0 Å². The van der Waals surface area contributed by atoms with Crippen LogP contribution in [0.25, 0.3) is 0 Å². The maximum atomic E-state index is 11.9. The van der Waals surface area contributed by atoms with Crippen molar-refractivity contribution in [3.05, 3.63) is 65.7 Å². The summed E-state index contributed by atoms with van der Waals surface area (Å²) in [6, 6.07) is 16.6. The standard InChI is InChI=1S/C15H13N3O2/c16-10-13(11-6-2-1-3-7-11)17-18-15(20)12-8-4-5-9-14(12)19/h1-9,13,17,19H,(H,18,20)/t13-/m0/s1. The van der Waals surface area contributed by atoms with Gasteiger partial charge in [0.2, 0.25) is 0 Å². The van der Waals surface area contributed by atoms with E-state index in [0.717, 1.165) is 5.56 Å². The average molecular weight is 267 g/mol. The first-order chi connectivity index (χ1) is 9.72. The van der Waals surface area contributed by atoms with Crippen LogP contribution >= 0.6 is 0 Å². The van der Waals surface area contributed by atoms with Gasteiger partial charge in [0.15, 0.2) is 0 Å². The normalized spacial score (nSPS) is 11.3. The van der Waals surface area contributed by atoms with Crippen molar-refractivity contribution in [2.75, 3.05) is 0 Å². The predicted octanol–water partition coefficient (Wildman–Crippen LogP) is 1.89. The summed E-state index contributed by atoms with van der Waals surface area (Å²) < 4.78 is 0. The number of nitrogens with one attached hydrogen (secondary N) is 2. The Morgan fingerprint density at radius 1 is 1.10 bits per heavy atom. The van der Waals surface area contributed by atoms with Crippen molar-refractivity contribution in [2.24, 2.45) is 0 Å². The Bertz CT molecular complexity index is 635. The van der Waals surface area contributed by atoms with E-state index in [1.165, 1.54) is 12.1 Å². The Balaban J connectivity index is 2.03. The number of phenols is 1. The van der Waals surface area contributed by atoms with Crippen LogP contribution in [-0.4, -0.2) is 11.0 Å². The van der Waals surface area contributed by atoms with Crippen molar-refractivity contribution in [3.63, 3.8) is 0 Å². The highest BCUT2D eigenvalue weighted by atomic mass is 16.3. The summed E-state index contributed by atoms with van der Waals surface area (Å²) in [7, 11) is 0. The number of carbonyl (C=O) groups excluding carboxylic acids is 1. The molecule has 0 spiro atoms. The second-order valence-corrected chi connectivity index (χ2v) is 4.09. The van der Waals surface area contributed by atoms with Crippen LogP contribution in [0, 0.1) is 11.3 Å². The molecule has 5 heteroatoms. The van der Waals surface area contributed by atoms with E-state index < -0.39 is 11.9 Å². The lowest BCUT2D eigenvalue weighted by molar-refractivity contribution is 0.0926. The third kappa shape index (κ3) is 3.13. The minimum atomic E-state index is -0.661.